The van der Waals surface area contributed by atoms with Gasteiger partial charge in [0.05, 0.1) is 31.1 Å². The van der Waals surface area contributed by atoms with Crippen LogP contribution in [0.2, 0.25) is 0 Å². The highest BCUT2D eigenvalue weighted by molar-refractivity contribution is 8.26. The predicted molar refractivity (Wildman–Crippen MR) is 98.3 cm³/mol. The highest BCUT2D eigenvalue weighted by Gasteiger charge is 2.31. The van der Waals surface area contributed by atoms with Crippen LogP contribution in [0.25, 0.3) is 6.08 Å². The molecule has 0 bridgehead atoms. The van der Waals surface area contributed by atoms with Gasteiger partial charge in [0.25, 0.3) is 5.91 Å². The molecule has 0 spiro atoms. The summed E-state index contributed by atoms with van der Waals surface area (Å²) in [6.07, 6.45) is 3.60. The monoisotopic (exact) mass is 380 g/mol. The zero-order chi connectivity index (χ0) is 18.4. The average Bonchev–Trinajstić information content (AvgIpc) is 2.82. The second-order valence-electron chi connectivity index (χ2n) is 5.25. The Balaban J connectivity index is 2.22. The number of ether oxygens (including phenoxy) is 2. The molecular weight excluding hydrogens is 362 g/mol. The number of thiocarbonyl (C=S) groups is 1. The van der Waals surface area contributed by atoms with E-state index < -0.39 is 18.4 Å². The Hall–Kier alpha value is -2.06. The topological polar surface area (TPSA) is 78.9 Å². The van der Waals surface area contributed by atoms with E-state index >= 15 is 0 Å². The Morgan fingerprint density at radius 1 is 1.40 bits per heavy atom. The second kappa shape index (κ2) is 8.87. The number of carbonyl (C=O) groups is 2. The lowest BCUT2D eigenvalue weighted by Crippen LogP contribution is -2.40. The standard InChI is InChI=1S/C17H19NO5S2/c1-3-4-7-23-13-8-11(5-6-12(13)22-2)9-14-16(21)18(10-15(19)20)17(24)25-14/h5-6,8-9H,3-4,7,10H2,1-2H3,(H,19,20)/p-1/b14-9-. The first-order valence-corrected chi connectivity index (χ1v) is 8.94. The molecule has 0 saturated carbocycles. The largest absolute Gasteiger partial charge is 0.548 e. The van der Waals surface area contributed by atoms with Crippen molar-refractivity contribution in [2.75, 3.05) is 20.3 Å². The molecule has 1 heterocycles. The first kappa shape index (κ1) is 19.3. The third-order valence-corrected chi connectivity index (χ3v) is 4.78. The van der Waals surface area contributed by atoms with E-state index in [4.69, 9.17) is 21.7 Å². The fourth-order valence-corrected chi connectivity index (χ4v) is 3.39. The van der Waals surface area contributed by atoms with Crippen LogP contribution in [0, 0.1) is 0 Å². The number of hydrogen-bond acceptors (Lipinski definition) is 7. The molecule has 1 aromatic carbocycles. The molecule has 0 aliphatic carbocycles. The van der Waals surface area contributed by atoms with Gasteiger partial charge in [0.1, 0.15) is 4.32 Å². The van der Waals surface area contributed by atoms with Crippen LogP contribution in [-0.4, -0.2) is 41.4 Å². The summed E-state index contributed by atoms with van der Waals surface area (Å²) in [4.78, 5) is 24.4. The minimum atomic E-state index is -1.35. The highest BCUT2D eigenvalue weighted by atomic mass is 32.2. The molecule has 1 aromatic rings. The third kappa shape index (κ3) is 4.96. The Morgan fingerprint density at radius 3 is 2.80 bits per heavy atom. The Labute approximate surface area is 155 Å². The number of thioether (sulfide) groups is 1. The summed E-state index contributed by atoms with van der Waals surface area (Å²) in [6, 6.07) is 5.33. The normalized spacial score (nSPS) is 15.8. The van der Waals surface area contributed by atoms with Crippen LogP contribution in [-0.2, 0) is 9.59 Å². The van der Waals surface area contributed by atoms with Crippen LogP contribution in [0.5, 0.6) is 11.5 Å². The number of methoxy groups -OCH3 is 1. The fourth-order valence-electron chi connectivity index (χ4n) is 2.14. The second-order valence-corrected chi connectivity index (χ2v) is 6.93. The number of unbranched alkanes of at least 4 members (excludes halogenated alkanes) is 1. The van der Waals surface area contributed by atoms with E-state index in [9.17, 15) is 14.7 Å². The molecule has 0 atom stereocenters. The number of carboxylic acids is 1. The van der Waals surface area contributed by atoms with Gasteiger partial charge in [-0.2, -0.15) is 0 Å². The molecule has 1 fully saturated rings. The molecular formula is C17H18NO5S2-. The van der Waals surface area contributed by atoms with Crippen molar-refractivity contribution in [3.05, 3.63) is 28.7 Å². The first-order chi connectivity index (χ1) is 12.0. The quantitative estimate of drug-likeness (QED) is 0.387. The van der Waals surface area contributed by atoms with E-state index in [-0.39, 0.29) is 4.32 Å². The van der Waals surface area contributed by atoms with E-state index in [1.807, 2.05) is 0 Å². The maximum absolute atomic E-state index is 12.3. The van der Waals surface area contributed by atoms with Crippen LogP contribution in [0.3, 0.4) is 0 Å². The summed E-state index contributed by atoms with van der Waals surface area (Å²) in [5.41, 5.74) is 0.737. The minimum Gasteiger partial charge on any atom is -0.548 e. The van der Waals surface area contributed by atoms with Crippen molar-refractivity contribution in [1.29, 1.82) is 0 Å². The molecule has 1 aliphatic heterocycles. The maximum atomic E-state index is 12.3. The van der Waals surface area contributed by atoms with Crippen molar-refractivity contribution < 1.29 is 24.2 Å². The van der Waals surface area contributed by atoms with Crippen LogP contribution in [0.4, 0.5) is 0 Å². The number of nitrogens with zero attached hydrogens (tertiary/aromatic N) is 1. The number of carbonyl (C=O) groups excluding carboxylic acids is 2. The number of aliphatic carboxylic acids is 1. The van der Waals surface area contributed by atoms with Crippen molar-refractivity contribution in [1.82, 2.24) is 4.90 Å². The van der Waals surface area contributed by atoms with E-state index in [2.05, 4.69) is 6.92 Å². The molecule has 8 heteroatoms. The zero-order valence-electron chi connectivity index (χ0n) is 13.9. The molecule has 2 rings (SSSR count). The molecule has 25 heavy (non-hydrogen) atoms. The lowest BCUT2D eigenvalue weighted by molar-refractivity contribution is -0.305. The van der Waals surface area contributed by atoms with E-state index in [0.717, 1.165) is 35.1 Å². The lowest BCUT2D eigenvalue weighted by atomic mass is 10.2. The Morgan fingerprint density at radius 2 is 2.16 bits per heavy atom. The summed E-state index contributed by atoms with van der Waals surface area (Å²) >= 11 is 6.12. The summed E-state index contributed by atoms with van der Waals surface area (Å²) in [6.45, 7) is 2.10. The van der Waals surface area contributed by atoms with Crippen LogP contribution in [0.1, 0.15) is 25.3 Å². The van der Waals surface area contributed by atoms with E-state index in [1.165, 1.54) is 0 Å². The van der Waals surface area contributed by atoms with Crippen molar-refractivity contribution in [2.24, 2.45) is 0 Å². The van der Waals surface area contributed by atoms with E-state index in [1.54, 1.807) is 31.4 Å². The van der Waals surface area contributed by atoms with Gasteiger partial charge in [0.2, 0.25) is 0 Å². The zero-order valence-corrected chi connectivity index (χ0v) is 15.6. The van der Waals surface area contributed by atoms with Crippen LogP contribution >= 0.6 is 24.0 Å². The van der Waals surface area contributed by atoms with Crippen molar-refractivity contribution >= 4 is 46.3 Å². The summed E-state index contributed by atoms with van der Waals surface area (Å²) in [5, 5.41) is 10.7. The van der Waals surface area contributed by atoms with Gasteiger partial charge in [0, 0.05) is 0 Å². The predicted octanol–water partition coefficient (Wildman–Crippen LogP) is 1.83. The molecule has 0 aromatic heterocycles. The summed E-state index contributed by atoms with van der Waals surface area (Å²) in [7, 11) is 1.56. The SMILES string of the molecule is CCCCOc1cc(/C=C2\SC(=S)N(CC(=O)[O-])C2=O)ccc1OC. The van der Waals surface area contributed by atoms with Gasteiger partial charge in [-0.05, 0) is 30.2 Å². The third-order valence-electron chi connectivity index (χ3n) is 3.40. The minimum absolute atomic E-state index is 0.202. The summed E-state index contributed by atoms with van der Waals surface area (Å²) < 4.78 is 11.2. The number of benzene rings is 1. The molecule has 1 amide bonds. The maximum Gasteiger partial charge on any atom is 0.266 e. The Kier molecular flexibility index (Phi) is 6.83. The van der Waals surface area contributed by atoms with Crippen molar-refractivity contribution in [2.45, 2.75) is 19.8 Å². The molecule has 0 N–H and O–H groups in total. The molecule has 6 nitrogen and oxygen atoms in total. The number of hydrogen-bond donors (Lipinski definition) is 0. The Bertz CT molecular complexity index is 717. The highest BCUT2D eigenvalue weighted by Crippen LogP contribution is 2.34. The molecule has 1 aliphatic rings. The van der Waals surface area contributed by atoms with Gasteiger partial charge >= 0.3 is 0 Å². The van der Waals surface area contributed by atoms with Crippen molar-refractivity contribution in [3.63, 3.8) is 0 Å². The van der Waals surface area contributed by atoms with Gasteiger partial charge in [-0.3, -0.25) is 9.69 Å². The molecule has 134 valence electrons. The number of carboxylic acid groups (broad SMARTS) is 1. The molecule has 1 saturated heterocycles. The van der Waals surface area contributed by atoms with Gasteiger partial charge in [0.15, 0.2) is 11.5 Å². The number of amides is 1. The first-order valence-electron chi connectivity index (χ1n) is 7.72. The fraction of sp³-hybridized carbons (Fsp3) is 0.353. The number of rotatable bonds is 8. The van der Waals surface area contributed by atoms with Gasteiger partial charge in [-0.1, -0.05) is 43.4 Å². The van der Waals surface area contributed by atoms with Gasteiger partial charge in [-0.25, -0.2) is 0 Å². The van der Waals surface area contributed by atoms with Gasteiger partial charge < -0.3 is 19.4 Å². The van der Waals surface area contributed by atoms with Gasteiger partial charge in [-0.15, -0.1) is 0 Å². The van der Waals surface area contributed by atoms with E-state index in [0.29, 0.717) is 23.0 Å². The van der Waals surface area contributed by atoms with Crippen molar-refractivity contribution in [3.8, 4) is 11.5 Å². The average molecular weight is 380 g/mol. The smallest absolute Gasteiger partial charge is 0.266 e. The molecule has 0 radical (unpaired) electrons. The van der Waals surface area contributed by atoms with Crippen LogP contribution < -0.4 is 14.6 Å². The van der Waals surface area contributed by atoms with Crippen LogP contribution in [0.15, 0.2) is 23.1 Å². The summed E-state index contributed by atoms with van der Waals surface area (Å²) in [5.74, 6) is -0.593. The molecule has 0 unspecified atom stereocenters. The lowest BCUT2D eigenvalue weighted by Gasteiger charge is -2.14.